The van der Waals surface area contributed by atoms with Gasteiger partial charge in [0.2, 0.25) is 11.8 Å². The predicted octanol–water partition coefficient (Wildman–Crippen LogP) is 6.43. The molecule has 3 heterocycles. The van der Waals surface area contributed by atoms with Crippen LogP contribution in [0.3, 0.4) is 0 Å². The van der Waals surface area contributed by atoms with Gasteiger partial charge in [0.1, 0.15) is 5.82 Å². The first kappa shape index (κ1) is 34.3. The van der Waals surface area contributed by atoms with Crippen LogP contribution in [0.4, 0.5) is 11.8 Å². The van der Waals surface area contributed by atoms with Gasteiger partial charge in [-0.2, -0.15) is 4.98 Å². The van der Waals surface area contributed by atoms with Gasteiger partial charge in [0, 0.05) is 42.7 Å². The SMILES string of the molecule is Cc1cccc(C)c1-c1cc2nc(n1)NS(=O)(=O)c1cccc(c1)C(=O)N(Cc1cncc(N(C)C3CCC3)n1)C[C@H](CC(C)(C)C)CO2. The van der Waals surface area contributed by atoms with Crippen molar-refractivity contribution in [3.05, 3.63) is 83.3 Å². The number of ether oxygens (including phenoxy) is 1. The van der Waals surface area contributed by atoms with Gasteiger partial charge in [-0.25, -0.2) is 23.1 Å². The Balaban J connectivity index is 1.42. The normalized spacial score (nSPS) is 18.1. The number of rotatable bonds is 6. The highest BCUT2D eigenvalue weighted by Crippen LogP contribution is 2.32. The van der Waals surface area contributed by atoms with Crippen LogP contribution in [0.5, 0.6) is 5.88 Å². The number of aromatic nitrogens is 4. The van der Waals surface area contributed by atoms with Gasteiger partial charge in [-0.1, -0.05) is 45.0 Å². The zero-order valence-electron chi connectivity index (χ0n) is 29.1. The van der Waals surface area contributed by atoms with Gasteiger partial charge < -0.3 is 14.5 Å². The summed E-state index contributed by atoms with van der Waals surface area (Å²) >= 11 is 0. The first-order valence-corrected chi connectivity index (χ1v) is 18.3. The molecule has 1 amide bonds. The molecule has 2 aromatic carbocycles. The van der Waals surface area contributed by atoms with Crippen molar-refractivity contribution < 1.29 is 17.9 Å². The fraction of sp³-hybridized carbons (Fsp3) is 0.432. The molecule has 4 aromatic rings. The van der Waals surface area contributed by atoms with Crippen molar-refractivity contribution in [3.63, 3.8) is 0 Å². The summed E-state index contributed by atoms with van der Waals surface area (Å²) in [6, 6.07) is 14.2. The summed E-state index contributed by atoms with van der Waals surface area (Å²) in [4.78, 5) is 36.6. The molecule has 1 fully saturated rings. The molecule has 12 heteroatoms. The zero-order valence-corrected chi connectivity index (χ0v) is 29.9. The van der Waals surface area contributed by atoms with Crippen LogP contribution in [-0.2, 0) is 16.6 Å². The summed E-state index contributed by atoms with van der Waals surface area (Å²) < 4.78 is 36.4. The quantitative estimate of drug-likeness (QED) is 0.244. The predicted molar refractivity (Wildman–Crippen MR) is 190 cm³/mol. The Morgan fingerprint density at radius 3 is 2.43 bits per heavy atom. The molecular formula is C37H45N7O4S. The minimum atomic E-state index is -4.17. The van der Waals surface area contributed by atoms with E-state index in [4.69, 9.17) is 9.72 Å². The number of fused-ring (bicyclic) bond motifs is 4. The first-order valence-electron chi connectivity index (χ1n) is 16.8. The number of nitrogens with zero attached hydrogens (tertiary/aromatic N) is 6. The molecule has 11 nitrogen and oxygen atoms in total. The molecule has 2 aliphatic rings. The second-order valence-corrected chi connectivity index (χ2v) is 16.2. The molecule has 4 bridgehead atoms. The number of amides is 1. The van der Waals surface area contributed by atoms with E-state index >= 15 is 0 Å². The number of sulfonamides is 1. The van der Waals surface area contributed by atoms with E-state index in [1.165, 1.54) is 18.6 Å². The molecule has 1 aliphatic heterocycles. The molecule has 0 radical (unpaired) electrons. The molecule has 6 rings (SSSR count). The number of nitrogens with one attached hydrogen (secondary N) is 1. The van der Waals surface area contributed by atoms with Crippen LogP contribution in [0, 0.1) is 25.2 Å². The summed E-state index contributed by atoms with van der Waals surface area (Å²) in [7, 11) is -2.14. The summed E-state index contributed by atoms with van der Waals surface area (Å²) in [6.45, 7) is 11.2. The molecule has 1 N–H and O–H groups in total. The standard InChI is InChI=1S/C37H45N7O4S/c1-24-10-7-11-25(2)34(24)31-17-33-41-36(40-31)42-49(46,47)30-15-8-12-27(16-30)35(45)44(21-26(23-48-33)18-37(3,4)5)22-28-19-38-20-32(39-28)43(6)29-13-9-14-29/h7-8,10-12,15-17,19-20,26,29H,9,13-14,18,21-23H2,1-6H3,(H,40,41,42)/t26-/m0/s1. The number of carbonyl (C=O) groups excluding carboxylic acids is 1. The van der Waals surface area contributed by atoms with Gasteiger partial charge >= 0.3 is 0 Å². The Labute approximate surface area is 289 Å². The molecule has 1 aliphatic carbocycles. The maximum absolute atomic E-state index is 14.3. The second-order valence-electron chi connectivity index (χ2n) is 14.5. The number of benzene rings is 2. The number of carbonyl (C=O) groups is 1. The molecule has 49 heavy (non-hydrogen) atoms. The lowest BCUT2D eigenvalue weighted by Gasteiger charge is -2.35. The van der Waals surface area contributed by atoms with Crippen LogP contribution in [-0.4, -0.2) is 65.4 Å². The number of hydrogen-bond acceptors (Lipinski definition) is 9. The third-order valence-electron chi connectivity index (χ3n) is 9.20. The highest BCUT2D eigenvalue weighted by Gasteiger charge is 2.29. The molecule has 258 valence electrons. The largest absolute Gasteiger partial charge is 0.477 e. The van der Waals surface area contributed by atoms with Crippen molar-refractivity contribution in [2.75, 3.05) is 29.8 Å². The van der Waals surface area contributed by atoms with Gasteiger partial charge in [-0.05, 0) is 74.3 Å². The zero-order chi connectivity index (χ0) is 34.9. The topological polar surface area (TPSA) is 131 Å². The molecule has 0 saturated heterocycles. The highest BCUT2D eigenvalue weighted by molar-refractivity contribution is 7.92. The minimum absolute atomic E-state index is 0.0742. The van der Waals surface area contributed by atoms with Crippen molar-refractivity contribution in [1.29, 1.82) is 0 Å². The molecule has 1 atom stereocenters. The van der Waals surface area contributed by atoms with Crippen LogP contribution in [0.25, 0.3) is 11.3 Å². The van der Waals surface area contributed by atoms with Crippen LogP contribution >= 0.6 is 0 Å². The Morgan fingerprint density at radius 2 is 1.73 bits per heavy atom. The van der Waals surface area contributed by atoms with E-state index in [0.717, 1.165) is 41.8 Å². The number of hydrogen-bond donors (Lipinski definition) is 1. The maximum atomic E-state index is 14.3. The maximum Gasteiger partial charge on any atom is 0.264 e. The van der Waals surface area contributed by atoms with Gasteiger partial charge in [-0.3, -0.25) is 9.78 Å². The van der Waals surface area contributed by atoms with Crippen LogP contribution in [0.1, 0.15) is 73.6 Å². The monoisotopic (exact) mass is 683 g/mol. The summed E-state index contributed by atoms with van der Waals surface area (Å²) in [5, 5.41) is 0. The van der Waals surface area contributed by atoms with E-state index in [9.17, 15) is 13.2 Å². The number of aryl methyl sites for hydroxylation is 2. The van der Waals surface area contributed by atoms with E-state index in [0.29, 0.717) is 24.0 Å². The van der Waals surface area contributed by atoms with Gasteiger partial charge in [-0.15, -0.1) is 0 Å². The Morgan fingerprint density at radius 1 is 1.00 bits per heavy atom. The minimum Gasteiger partial charge on any atom is -0.477 e. The van der Waals surface area contributed by atoms with Crippen LogP contribution < -0.4 is 14.4 Å². The fourth-order valence-corrected chi connectivity index (χ4v) is 7.61. The molecule has 0 spiro atoms. The van der Waals surface area contributed by atoms with E-state index in [-0.39, 0.29) is 52.7 Å². The summed E-state index contributed by atoms with van der Waals surface area (Å²) in [5.41, 5.74) is 4.24. The first-order chi connectivity index (χ1) is 23.3. The van der Waals surface area contributed by atoms with Gasteiger partial charge in [0.25, 0.3) is 15.9 Å². The molecule has 0 unspecified atom stereocenters. The Bertz CT molecular complexity index is 1940. The smallest absolute Gasteiger partial charge is 0.264 e. The lowest BCUT2D eigenvalue weighted by molar-refractivity contribution is 0.0657. The van der Waals surface area contributed by atoms with E-state index in [1.54, 1.807) is 35.5 Å². The van der Waals surface area contributed by atoms with E-state index in [1.807, 2.05) is 39.1 Å². The lowest BCUT2D eigenvalue weighted by Crippen LogP contribution is -2.39. The fourth-order valence-electron chi connectivity index (χ4n) is 6.62. The van der Waals surface area contributed by atoms with Gasteiger partial charge in [0.05, 0.1) is 41.8 Å². The van der Waals surface area contributed by atoms with Crippen LogP contribution in [0.2, 0.25) is 0 Å². The van der Waals surface area contributed by atoms with Crippen molar-refractivity contribution in [2.24, 2.45) is 11.3 Å². The third kappa shape index (κ3) is 8.01. The van der Waals surface area contributed by atoms with Crippen molar-refractivity contribution in [2.45, 2.75) is 77.8 Å². The Kier molecular flexibility index (Phi) is 9.61. The molecule has 2 aromatic heterocycles. The number of anilines is 2. The van der Waals surface area contributed by atoms with Crippen molar-refractivity contribution in [3.8, 4) is 17.1 Å². The van der Waals surface area contributed by atoms with E-state index < -0.39 is 10.0 Å². The van der Waals surface area contributed by atoms with Crippen LogP contribution in [0.15, 0.2) is 65.8 Å². The highest BCUT2D eigenvalue weighted by atomic mass is 32.2. The summed E-state index contributed by atoms with van der Waals surface area (Å²) in [5.74, 6) is 0.501. The van der Waals surface area contributed by atoms with Crippen molar-refractivity contribution in [1.82, 2.24) is 24.8 Å². The third-order valence-corrected chi connectivity index (χ3v) is 10.5. The average Bonchev–Trinajstić information content (AvgIpc) is 3.01. The van der Waals surface area contributed by atoms with Crippen molar-refractivity contribution >= 4 is 27.7 Å². The molecule has 1 saturated carbocycles. The Hall–Kier alpha value is -4.58. The lowest BCUT2D eigenvalue weighted by atomic mass is 9.84. The van der Waals surface area contributed by atoms with E-state index in [2.05, 4.69) is 45.3 Å². The summed E-state index contributed by atoms with van der Waals surface area (Å²) in [6.07, 6.45) is 7.64. The average molecular weight is 684 g/mol. The molecular weight excluding hydrogens is 639 g/mol. The van der Waals surface area contributed by atoms with Gasteiger partial charge in [0.15, 0.2) is 0 Å². The second kappa shape index (κ2) is 13.7.